The first-order valence-electron chi connectivity index (χ1n) is 6.73. The van der Waals surface area contributed by atoms with E-state index in [1.807, 2.05) is 0 Å². The number of aliphatic hydroxyl groups excluding tert-OH is 1. The van der Waals surface area contributed by atoms with Crippen molar-refractivity contribution >= 4 is 0 Å². The third-order valence-corrected chi connectivity index (χ3v) is 5.56. The molecule has 5 rings (SSSR count). The smallest absolute Gasteiger partial charge is 0.168 e. The Balaban J connectivity index is 1.84. The molecule has 17 heavy (non-hydrogen) atoms. The third-order valence-electron chi connectivity index (χ3n) is 5.56. The zero-order valence-electron chi connectivity index (χ0n) is 10.2. The minimum absolute atomic E-state index is 0.140. The van der Waals surface area contributed by atoms with Crippen molar-refractivity contribution in [3.8, 4) is 0 Å². The molecule has 0 unspecified atom stereocenters. The predicted octanol–water partition coefficient (Wildman–Crippen LogP) is 1.07. The number of methoxy groups -OCH3 is 1. The summed E-state index contributed by atoms with van der Waals surface area (Å²) in [6, 6.07) is 0. The van der Waals surface area contributed by atoms with Gasteiger partial charge in [0.1, 0.15) is 5.60 Å². The fourth-order valence-corrected chi connectivity index (χ4v) is 4.90. The SMILES string of the molecule is CO[C@H]1O[C@@H]2C[C@@H]3CCC[C@H](O)[C@@]31[C@]1(CO1)C2. The molecule has 2 saturated carbocycles. The second-order valence-corrected chi connectivity index (χ2v) is 6.13. The second kappa shape index (κ2) is 3.23. The molecule has 2 aliphatic carbocycles. The van der Waals surface area contributed by atoms with Crippen LogP contribution in [0.4, 0.5) is 0 Å². The van der Waals surface area contributed by atoms with Crippen molar-refractivity contribution < 1.29 is 19.3 Å². The first kappa shape index (κ1) is 10.7. The minimum atomic E-state index is -0.338. The summed E-state index contributed by atoms with van der Waals surface area (Å²) in [5, 5.41) is 10.6. The monoisotopic (exact) mass is 240 g/mol. The van der Waals surface area contributed by atoms with Crippen LogP contribution in [-0.4, -0.2) is 42.9 Å². The van der Waals surface area contributed by atoms with Crippen LogP contribution in [0.5, 0.6) is 0 Å². The summed E-state index contributed by atoms with van der Waals surface area (Å²) < 4.78 is 17.4. The lowest BCUT2D eigenvalue weighted by Crippen LogP contribution is -2.70. The van der Waals surface area contributed by atoms with E-state index in [0.717, 1.165) is 32.3 Å². The van der Waals surface area contributed by atoms with Crippen LogP contribution in [0.1, 0.15) is 32.1 Å². The molecule has 3 aliphatic heterocycles. The number of hydrogen-bond donors (Lipinski definition) is 1. The van der Waals surface area contributed by atoms with Crippen molar-refractivity contribution in [2.45, 2.75) is 56.2 Å². The van der Waals surface area contributed by atoms with Crippen molar-refractivity contribution in [1.82, 2.24) is 0 Å². The van der Waals surface area contributed by atoms with Crippen LogP contribution >= 0.6 is 0 Å². The van der Waals surface area contributed by atoms with Crippen LogP contribution in [-0.2, 0) is 14.2 Å². The van der Waals surface area contributed by atoms with E-state index >= 15 is 0 Å². The maximum atomic E-state index is 10.6. The molecule has 2 bridgehead atoms. The van der Waals surface area contributed by atoms with Crippen molar-refractivity contribution in [2.75, 3.05) is 13.7 Å². The van der Waals surface area contributed by atoms with E-state index < -0.39 is 0 Å². The molecule has 5 aliphatic rings. The predicted molar refractivity (Wildman–Crippen MR) is 59.4 cm³/mol. The van der Waals surface area contributed by atoms with Crippen molar-refractivity contribution in [2.24, 2.45) is 11.3 Å². The van der Waals surface area contributed by atoms with Crippen LogP contribution in [0.3, 0.4) is 0 Å². The molecule has 4 nitrogen and oxygen atoms in total. The van der Waals surface area contributed by atoms with E-state index in [1.165, 1.54) is 6.42 Å². The van der Waals surface area contributed by atoms with Gasteiger partial charge in [0, 0.05) is 13.5 Å². The Morgan fingerprint density at radius 2 is 2.18 bits per heavy atom. The summed E-state index contributed by atoms with van der Waals surface area (Å²) in [5.74, 6) is 0.506. The Morgan fingerprint density at radius 3 is 2.88 bits per heavy atom. The number of aliphatic hydroxyl groups is 1. The van der Waals surface area contributed by atoms with Crippen molar-refractivity contribution in [1.29, 1.82) is 0 Å². The van der Waals surface area contributed by atoms with Gasteiger partial charge >= 0.3 is 0 Å². The summed E-state index contributed by atoms with van der Waals surface area (Å²) in [6.07, 6.45) is 4.82. The molecule has 96 valence electrons. The van der Waals surface area contributed by atoms with E-state index in [-0.39, 0.29) is 29.5 Å². The first-order valence-corrected chi connectivity index (χ1v) is 6.73. The van der Waals surface area contributed by atoms with Gasteiger partial charge < -0.3 is 19.3 Å². The lowest BCUT2D eigenvalue weighted by atomic mass is 9.50. The largest absolute Gasteiger partial charge is 0.392 e. The Morgan fingerprint density at radius 1 is 1.35 bits per heavy atom. The molecule has 1 N–H and O–H groups in total. The molecule has 0 aromatic carbocycles. The Kier molecular flexibility index (Phi) is 2.04. The highest BCUT2D eigenvalue weighted by Crippen LogP contribution is 2.67. The Hall–Kier alpha value is -0.160. The third kappa shape index (κ3) is 1.09. The van der Waals surface area contributed by atoms with Gasteiger partial charge in [0.25, 0.3) is 0 Å². The molecule has 5 fully saturated rings. The van der Waals surface area contributed by atoms with Gasteiger partial charge in [0.15, 0.2) is 6.29 Å². The summed E-state index contributed by atoms with van der Waals surface area (Å²) in [7, 11) is 1.69. The van der Waals surface area contributed by atoms with E-state index in [0.29, 0.717) is 5.92 Å². The summed E-state index contributed by atoms with van der Waals surface area (Å²) in [5.41, 5.74) is -0.436. The number of rotatable bonds is 1. The highest BCUT2D eigenvalue weighted by Gasteiger charge is 2.77. The molecule has 0 radical (unpaired) electrons. The quantitative estimate of drug-likeness (QED) is 0.696. The zero-order valence-corrected chi connectivity index (χ0v) is 10.2. The van der Waals surface area contributed by atoms with Crippen molar-refractivity contribution in [3.63, 3.8) is 0 Å². The average Bonchev–Trinajstić information content (AvgIpc) is 3.08. The Labute approximate surface area is 101 Å². The molecular weight excluding hydrogens is 220 g/mol. The van der Waals surface area contributed by atoms with E-state index in [9.17, 15) is 5.11 Å². The highest BCUT2D eigenvalue weighted by molar-refractivity contribution is 5.22. The second-order valence-electron chi connectivity index (χ2n) is 6.13. The number of hydrogen-bond acceptors (Lipinski definition) is 4. The molecule has 6 atom stereocenters. The van der Waals surface area contributed by atoms with Crippen LogP contribution < -0.4 is 0 Å². The van der Waals surface area contributed by atoms with Crippen LogP contribution in [0, 0.1) is 11.3 Å². The van der Waals surface area contributed by atoms with Gasteiger partial charge in [-0.1, -0.05) is 6.42 Å². The van der Waals surface area contributed by atoms with Gasteiger partial charge in [0.05, 0.1) is 24.2 Å². The topological polar surface area (TPSA) is 51.2 Å². The van der Waals surface area contributed by atoms with Gasteiger partial charge in [-0.25, -0.2) is 0 Å². The van der Waals surface area contributed by atoms with Gasteiger partial charge in [-0.15, -0.1) is 0 Å². The molecule has 0 aromatic heterocycles. The average molecular weight is 240 g/mol. The molecular formula is C13H20O4. The minimum Gasteiger partial charge on any atom is -0.392 e. The molecule has 3 saturated heterocycles. The van der Waals surface area contributed by atoms with Crippen LogP contribution in [0.2, 0.25) is 0 Å². The number of ether oxygens (including phenoxy) is 3. The molecule has 0 aromatic rings. The van der Waals surface area contributed by atoms with Gasteiger partial charge in [-0.05, 0) is 25.2 Å². The van der Waals surface area contributed by atoms with Gasteiger partial charge in [-0.3, -0.25) is 0 Å². The highest BCUT2D eigenvalue weighted by atomic mass is 16.7. The van der Waals surface area contributed by atoms with Crippen LogP contribution in [0.15, 0.2) is 0 Å². The van der Waals surface area contributed by atoms with E-state index in [2.05, 4.69) is 0 Å². The first-order chi connectivity index (χ1) is 8.23. The summed E-state index contributed by atoms with van der Waals surface area (Å²) >= 11 is 0. The molecule has 4 heteroatoms. The Bertz CT molecular complexity index is 330. The summed E-state index contributed by atoms with van der Waals surface area (Å²) in [4.78, 5) is 0. The van der Waals surface area contributed by atoms with Gasteiger partial charge in [0.2, 0.25) is 0 Å². The standard InChI is InChI=1S/C13H20O4/c1-15-11-13-8(3-2-4-10(13)14)5-9(17-11)6-12(13)7-16-12/h8-11,14H,2-7H2,1H3/t8-,9+,10-,11-,12+,13-/m0/s1. The number of epoxide rings is 1. The van der Waals surface area contributed by atoms with E-state index in [1.54, 1.807) is 7.11 Å². The van der Waals surface area contributed by atoms with Crippen molar-refractivity contribution in [3.05, 3.63) is 0 Å². The normalized spacial score (nSPS) is 60.4. The number of fused-ring (bicyclic) bond motifs is 1. The van der Waals surface area contributed by atoms with Gasteiger partial charge in [-0.2, -0.15) is 0 Å². The zero-order chi connectivity index (χ0) is 11.7. The van der Waals surface area contributed by atoms with E-state index in [4.69, 9.17) is 14.2 Å². The molecule has 0 amide bonds. The maximum absolute atomic E-state index is 10.6. The lowest BCUT2D eigenvalue weighted by Gasteiger charge is -2.62. The van der Waals surface area contributed by atoms with Crippen LogP contribution in [0.25, 0.3) is 0 Å². The lowest BCUT2D eigenvalue weighted by molar-refractivity contribution is -0.351. The fraction of sp³-hybridized carbons (Fsp3) is 1.00. The maximum Gasteiger partial charge on any atom is 0.168 e. The molecule has 2 spiro atoms. The molecule has 3 heterocycles. The fourth-order valence-electron chi connectivity index (χ4n) is 4.90. The summed E-state index contributed by atoms with van der Waals surface area (Å²) in [6.45, 7) is 0.778.